The first-order chi connectivity index (χ1) is 39.7. The molecule has 1 rings (SSSR count). The third kappa shape index (κ3) is 44.1. The Morgan fingerprint density at radius 3 is 1.47 bits per heavy atom. The van der Waals surface area contributed by atoms with Gasteiger partial charge in [-0.15, -0.1) is 0 Å². The number of allylic oxidation sites excluding steroid dienone is 21. The second kappa shape index (κ2) is 56.3. The van der Waals surface area contributed by atoms with E-state index in [-0.39, 0.29) is 19.4 Å². The van der Waals surface area contributed by atoms with Crippen molar-refractivity contribution in [2.45, 2.75) is 282 Å². The smallest absolute Gasteiger partial charge is 0.306 e. The Balaban J connectivity index is 2.70. The minimum atomic E-state index is -1.64. The van der Waals surface area contributed by atoms with Crippen molar-refractivity contribution in [3.63, 3.8) is 0 Å². The molecule has 6 N–H and O–H groups in total. The molecule has 460 valence electrons. The van der Waals surface area contributed by atoms with Gasteiger partial charge in [-0.3, -0.25) is 9.59 Å². The molecule has 0 aromatic heterocycles. The lowest BCUT2D eigenvalue weighted by atomic mass is 9.99. The summed E-state index contributed by atoms with van der Waals surface area (Å²) < 4.78 is 17.6. The quantitative estimate of drug-likeness (QED) is 0.0149. The van der Waals surface area contributed by atoms with E-state index in [0.717, 1.165) is 109 Å². The standard InChI is InChI=1S/C70H115NO10/c1-4-7-10-13-16-19-22-25-27-29-30-31-32-33-34-35-37-40-43-46-49-52-55-58-65(75)81-68-67(77)66(76)64(59-72)80-70(68)79-60-61(62(73)56-53-50-47-44-41-38-24-21-18-15-12-9-6-3)71-69(78)63(74)57-54-51-48-45-42-39-36-28-26-23-20-17-14-11-8-5-2/h8,11,14,16-17,19-20,23,25-28,30-31,33-34,36,39,42,45,53,56,61-64,66-68,70,72-74,76-77H,4-7,9-10,12-13,15,18,21-22,24,29,32,35,37-38,40-41,43-44,46-52,54-55,57-60H2,1-3H3,(H,71,78)/b11-8-,17-14+,19-16-,23-20+,27-25-,28-26-,31-30-,34-33-,39-36+,45-42+,56-53+. The number of unbranched alkanes of at least 4 members (excludes halogenated alkanes) is 23. The van der Waals surface area contributed by atoms with Crippen LogP contribution in [0.1, 0.15) is 233 Å². The van der Waals surface area contributed by atoms with Crippen LogP contribution in [0.3, 0.4) is 0 Å². The van der Waals surface area contributed by atoms with Crippen LogP contribution in [0.2, 0.25) is 0 Å². The number of hydrogen-bond acceptors (Lipinski definition) is 10. The highest BCUT2D eigenvalue weighted by atomic mass is 16.7. The summed E-state index contributed by atoms with van der Waals surface area (Å²) in [5.41, 5.74) is 0. The van der Waals surface area contributed by atoms with Gasteiger partial charge in [-0.05, 0) is 89.9 Å². The summed E-state index contributed by atoms with van der Waals surface area (Å²) in [6.45, 7) is 5.57. The molecule has 0 saturated carbocycles. The molecule has 1 heterocycles. The zero-order valence-corrected chi connectivity index (χ0v) is 50.8. The Hall–Kier alpha value is -4.20. The number of nitrogens with one attached hydrogen (secondary N) is 1. The number of rotatable bonds is 52. The molecule has 1 fully saturated rings. The number of aliphatic hydroxyl groups excluding tert-OH is 5. The summed E-state index contributed by atoms with van der Waals surface area (Å²) in [7, 11) is 0. The van der Waals surface area contributed by atoms with Crippen LogP contribution < -0.4 is 5.32 Å². The Kier molecular flexibility index (Phi) is 52.0. The maximum Gasteiger partial charge on any atom is 0.306 e. The molecule has 1 aliphatic heterocycles. The highest BCUT2D eigenvalue weighted by molar-refractivity contribution is 5.80. The first kappa shape index (κ1) is 74.8. The van der Waals surface area contributed by atoms with Gasteiger partial charge in [-0.1, -0.05) is 270 Å². The third-order valence-corrected chi connectivity index (χ3v) is 14.2. The van der Waals surface area contributed by atoms with Crippen molar-refractivity contribution in [1.29, 1.82) is 0 Å². The van der Waals surface area contributed by atoms with Crippen molar-refractivity contribution in [3.8, 4) is 0 Å². The van der Waals surface area contributed by atoms with Crippen molar-refractivity contribution in [3.05, 3.63) is 134 Å². The lowest BCUT2D eigenvalue weighted by Gasteiger charge is -2.41. The van der Waals surface area contributed by atoms with E-state index in [1.165, 1.54) is 77.0 Å². The number of carbonyl (C=O) groups excluding carboxylic acids is 2. The lowest BCUT2D eigenvalue weighted by Crippen LogP contribution is -2.61. The van der Waals surface area contributed by atoms with Gasteiger partial charge in [-0.2, -0.15) is 0 Å². The first-order valence-corrected chi connectivity index (χ1v) is 32.0. The van der Waals surface area contributed by atoms with Crippen molar-refractivity contribution in [2.75, 3.05) is 13.2 Å². The monoisotopic (exact) mass is 1130 g/mol. The van der Waals surface area contributed by atoms with Gasteiger partial charge in [0.05, 0.1) is 25.4 Å². The fourth-order valence-corrected chi connectivity index (χ4v) is 9.14. The number of ether oxygens (including phenoxy) is 3. The number of amides is 1. The second-order valence-electron chi connectivity index (χ2n) is 21.6. The molecule has 0 radical (unpaired) electrons. The molecule has 0 bridgehead atoms. The number of carbonyl (C=O) groups is 2. The maximum absolute atomic E-state index is 13.4. The van der Waals surface area contributed by atoms with E-state index in [2.05, 4.69) is 80.8 Å². The molecule has 11 heteroatoms. The molecule has 8 atom stereocenters. The fourth-order valence-electron chi connectivity index (χ4n) is 9.14. The Bertz CT molecular complexity index is 1830. The average molecular weight is 1130 g/mol. The van der Waals surface area contributed by atoms with E-state index >= 15 is 0 Å². The minimum Gasteiger partial charge on any atom is -0.454 e. The Morgan fingerprint density at radius 1 is 0.506 bits per heavy atom. The van der Waals surface area contributed by atoms with Crippen LogP contribution in [-0.4, -0.2) is 99.6 Å². The fraction of sp³-hybridized carbons (Fsp3) is 0.657. The molecule has 8 unspecified atom stereocenters. The molecule has 1 saturated heterocycles. The van der Waals surface area contributed by atoms with E-state index in [9.17, 15) is 35.1 Å². The molecule has 81 heavy (non-hydrogen) atoms. The van der Waals surface area contributed by atoms with Crippen molar-refractivity contribution >= 4 is 11.9 Å². The van der Waals surface area contributed by atoms with E-state index in [0.29, 0.717) is 12.8 Å². The molecular weight excluding hydrogens is 1010 g/mol. The molecule has 1 amide bonds. The van der Waals surface area contributed by atoms with E-state index < -0.39 is 67.4 Å². The van der Waals surface area contributed by atoms with Crippen LogP contribution in [0, 0.1) is 0 Å². The highest BCUT2D eigenvalue weighted by Crippen LogP contribution is 2.26. The van der Waals surface area contributed by atoms with Crippen LogP contribution in [0.5, 0.6) is 0 Å². The van der Waals surface area contributed by atoms with Crippen LogP contribution in [-0.2, 0) is 23.8 Å². The minimum absolute atomic E-state index is 0.0972. The summed E-state index contributed by atoms with van der Waals surface area (Å²) >= 11 is 0. The molecule has 0 aromatic rings. The SMILES string of the molecule is CC\C=C/C=C/C=C/C=C\C=C\C=C\CCCCC(O)C(=O)NC(COC1OC(CO)C(O)C(O)C1OC(=O)CCCCCCCCC/C=C\C/C=C\C/C=C\C/C=C\CCCCC)C(O)/C=C/CCCCCCCCCCCCC. The van der Waals surface area contributed by atoms with Gasteiger partial charge < -0.3 is 45.1 Å². The van der Waals surface area contributed by atoms with Crippen LogP contribution in [0.15, 0.2) is 134 Å². The van der Waals surface area contributed by atoms with Crippen LogP contribution in [0.25, 0.3) is 0 Å². The lowest BCUT2D eigenvalue weighted by molar-refractivity contribution is -0.305. The molecule has 0 aliphatic carbocycles. The average Bonchev–Trinajstić information content (AvgIpc) is 3.47. The number of aliphatic hydroxyl groups is 5. The zero-order chi connectivity index (χ0) is 58.9. The second-order valence-corrected chi connectivity index (χ2v) is 21.6. The van der Waals surface area contributed by atoms with Gasteiger partial charge in [-0.25, -0.2) is 0 Å². The number of hydrogen-bond donors (Lipinski definition) is 6. The maximum atomic E-state index is 13.4. The largest absolute Gasteiger partial charge is 0.454 e. The van der Waals surface area contributed by atoms with Gasteiger partial charge >= 0.3 is 5.97 Å². The van der Waals surface area contributed by atoms with Gasteiger partial charge in [0.25, 0.3) is 0 Å². The van der Waals surface area contributed by atoms with E-state index in [4.69, 9.17) is 14.2 Å². The third-order valence-electron chi connectivity index (χ3n) is 14.2. The molecule has 0 aromatic carbocycles. The van der Waals surface area contributed by atoms with Crippen LogP contribution >= 0.6 is 0 Å². The Labute approximate surface area is 493 Å². The van der Waals surface area contributed by atoms with Gasteiger partial charge in [0, 0.05) is 6.42 Å². The molecule has 1 aliphatic rings. The van der Waals surface area contributed by atoms with Crippen molar-refractivity contribution in [2.24, 2.45) is 0 Å². The highest BCUT2D eigenvalue weighted by Gasteiger charge is 2.47. The van der Waals surface area contributed by atoms with E-state index in [1.54, 1.807) is 6.08 Å². The topological polar surface area (TPSA) is 175 Å². The molecule has 0 spiro atoms. The summed E-state index contributed by atoms with van der Waals surface area (Å²) in [5, 5.41) is 57.0. The van der Waals surface area contributed by atoms with Gasteiger partial charge in [0.1, 0.15) is 24.4 Å². The summed E-state index contributed by atoms with van der Waals surface area (Å²) in [5.74, 6) is -1.26. The van der Waals surface area contributed by atoms with Crippen molar-refractivity contribution < 1.29 is 49.3 Å². The normalized spacial score (nSPS) is 19.6. The molecule has 11 nitrogen and oxygen atoms in total. The van der Waals surface area contributed by atoms with Crippen molar-refractivity contribution in [1.82, 2.24) is 5.32 Å². The summed E-state index contributed by atoms with van der Waals surface area (Å²) in [6, 6.07) is -1.06. The first-order valence-electron chi connectivity index (χ1n) is 32.0. The number of esters is 1. The Morgan fingerprint density at radius 2 is 0.938 bits per heavy atom. The predicted molar refractivity (Wildman–Crippen MR) is 337 cm³/mol. The van der Waals surface area contributed by atoms with E-state index in [1.807, 2.05) is 72.9 Å². The predicted octanol–water partition coefficient (Wildman–Crippen LogP) is 15.6. The summed E-state index contributed by atoms with van der Waals surface area (Å²) in [4.78, 5) is 26.6. The van der Waals surface area contributed by atoms with Gasteiger partial charge in [0.15, 0.2) is 12.4 Å². The van der Waals surface area contributed by atoms with Gasteiger partial charge in [0.2, 0.25) is 5.91 Å². The molecular formula is C70H115NO10. The zero-order valence-electron chi connectivity index (χ0n) is 50.8. The van der Waals surface area contributed by atoms with Crippen LogP contribution in [0.4, 0.5) is 0 Å². The summed E-state index contributed by atoms with van der Waals surface area (Å²) in [6.07, 6.45) is 69.1.